The lowest BCUT2D eigenvalue weighted by Crippen LogP contribution is -2.32. The van der Waals surface area contributed by atoms with Crippen LogP contribution in [-0.4, -0.2) is 27.8 Å². The molecule has 2 aromatic heterocycles. The lowest BCUT2D eigenvalue weighted by molar-refractivity contribution is -0.0288. The predicted molar refractivity (Wildman–Crippen MR) is 99.8 cm³/mol. The SMILES string of the molecule is NC(=O)N(O)C/C=C\Cc1ccc(Cc2ccc3ccccc3n2)s1. The van der Waals surface area contributed by atoms with E-state index in [9.17, 15) is 10.0 Å². The molecule has 0 radical (unpaired) electrons. The summed E-state index contributed by atoms with van der Waals surface area (Å²) in [6.45, 7) is 0.0918. The minimum Gasteiger partial charge on any atom is -0.350 e. The molecule has 1 aromatic carbocycles. The van der Waals surface area contributed by atoms with Crippen LogP contribution in [0, 0.1) is 0 Å². The number of hydrogen-bond donors (Lipinski definition) is 2. The Balaban J connectivity index is 1.59. The molecule has 3 N–H and O–H groups in total. The maximum Gasteiger partial charge on any atom is 0.338 e. The van der Waals surface area contributed by atoms with Crippen molar-refractivity contribution in [2.75, 3.05) is 6.54 Å². The molecule has 0 aliphatic rings. The van der Waals surface area contributed by atoms with Crippen LogP contribution < -0.4 is 5.73 Å². The maximum atomic E-state index is 10.7. The van der Waals surface area contributed by atoms with Crippen molar-refractivity contribution < 1.29 is 10.0 Å². The molecule has 0 unspecified atom stereocenters. The first kappa shape index (κ1) is 17.1. The summed E-state index contributed by atoms with van der Waals surface area (Å²) in [5, 5.41) is 10.8. The summed E-state index contributed by atoms with van der Waals surface area (Å²) in [6, 6.07) is 15.6. The van der Waals surface area contributed by atoms with Gasteiger partial charge in [0.25, 0.3) is 0 Å². The summed E-state index contributed by atoms with van der Waals surface area (Å²) in [4.78, 5) is 17.9. The minimum absolute atomic E-state index is 0.0918. The number of amides is 2. The fourth-order valence-corrected chi connectivity index (χ4v) is 3.48. The molecule has 0 saturated heterocycles. The van der Waals surface area contributed by atoms with E-state index in [0.29, 0.717) is 5.06 Å². The van der Waals surface area contributed by atoms with Gasteiger partial charge in [-0.15, -0.1) is 11.3 Å². The zero-order valence-electron chi connectivity index (χ0n) is 13.6. The highest BCUT2D eigenvalue weighted by molar-refractivity contribution is 7.12. The highest BCUT2D eigenvalue weighted by Crippen LogP contribution is 2.21. The number of para-hydroxylation sites is 1. The van der Waals surface area contributed by atoms with Crippen LogP contribution in [0.2, 0.25) is 0 Å². The van der Waals surface area contributed by atoms with Crippen molar-refractivity contribution in [2.45, 2.75) is 12.8 Å². The van der Waals surface area contributed by atoms with Gasteiger partial charge in [-0.25, -0.2) is 9.86 Å². The second-order valence-corrected chi connectivity index (χ2v) is 6.89. The standard InChI is InChI=1S/C19H19N3O2S/c20-19(23)22(24)12-4-3-6-16-10-11-17(25-16)13-15-9-8-14-5-1-2-7-18(14)21-15/h1-5,7-11,24H,6,12-13H2,(H2,20,23)/b4-3-. The molecule has 3 aromatic rings. The first-order chi connectivity index (χ1) is 12.1. The number of carbonyl (C=O) groups is 1. The molecule has 3 rings (SSSR count). The summed E-state index contributed by atoms with van der Waals surface area (Å²) in [7, 11) is 0. The third-order valence-electron chi connectivity index (χ3n) is 3.75. The number of fused-ring (bicyclic) bond motifs is 1. The summed E-state index contributed by atoms with van der Waals surface area (Å²) in [5.41, 5.74) is 7.01. The molecule has 128 valence electrons. The van der Waals surface area contributed by atoms with E-state index < -0.39 is 6.03 Å². The van der Waals surface area contributed by atoms with Crippen LogP contribution in [-0.2, 0) is 12.8 Å². The normalized spacial score (nSPS) is 11.2. The molecule has 2 heterocycles. The van der Waals surface area contributed by atoms with Crippen LogP contribution in [0.15, 0.2) is 60.7 Å². The van der Waals surface area contributed by atoms with Crippen LogP contribution in [0.1, 0.15) is 15.4 Å². The fraction of sp³-hybridized carbons (Fsp3) is 0.158. The number of nitrogens with two attached hydrogens (primary N) is 1. The summed E-state index contributed by atoms with van der Waals surface area (Å²) in [6.07, 6.45) is 5.19. The van der Waals surface area contributed by atoms with Crippen LogP contribution in [0.3, 0.4) is 0 Å². The van der Waals surface area contributed by atoms with Crippen molar-refractivity contribution >= 4 is 28.3 Å². The third-order valence-corrected chi connectivity index (χ3v) is 4.85. The van der Waals surface area contributed by atoms with Gasteiger partial charge in [-0.2, -0.15) is 0 Å². The van der Waals surface area contributed by atoms with Crippen molar-refractivity contribution in [1.82, 2.24) is 10.0 Å². The highest BCUT2D eigenvalue weighted by Gasteiger charge is 2.04. The van der Waals surface area contributed by atoms with Gasteiger partial charge in [0.1, 0.15) is 0 Å². The van der Waals surface area contributed by atoms with Gasteiger partial charge in [0.15, 0.2) is 0 Å². The van der Waals surface area contributed by atoms with Gasteiger partial charge in [0.2, 0.25) is 0 Å². The monoisotopic (exact) mass is 353 g/mol. The minimum atomic E-state index is -0.856. The van der Waals surface area contributed by atoms with E-state index >= 15 is 0 Å². The summed E-state index contributed by atoms with van der Waals surface area (Å²) >= 11 is 1.74. The van der Waals surface area contributed by atoms with Crippen molar-refractivity contribution in [3.05, 3.63) is 76.1 Å². The Hall–Kier alpha value is -2.70. The molecule has 0 saturated carbocycles. The van der Waals surface area contributed by atoms with Crippen molar-refractivity contribution in [1.29, 1.82) is 0 Å². The number of hydroxylamine groups is 2. The number of benzene rings is 1. The number of pyridine rings is 1. The zero-order valence-corrected chi connectivity index (χ0v) is 14.4. The molecule has 0 spiro atoms. The van der Waals surface area contributed by atoms with Crippen LogP contribution in [0.5, 0.6) is 0 Å². The van der Waals surface area contributed by atoms with Crippen molar-refractivity contribution in [3.63, 3.8) is 0 Å². The smallest absolute Gasteiger partial charge is 0.338 e. The van der Waals surface area contributed by atoms with Crippen LogP contribution in [0.25, 0.3) is 10.9 Å². The number of thiophene rings is 1. The van der Waals surface area contributed by atoms with Crippen LogP contribution in [0.4, 0.5) is 4.79 Å². The first-order valence-corrected chi connectivity index (χ1v) is 8.76. The highest BCUT2D eigenvalue weighted by atomic mass is 32.1. The number of rotatable bonds is 6. The Labute approximate surface area is 150 Å². The molecular weight excluding hydrogens is 334 g/mol. The lowest BCUT2D eigenvalue weighted by Gasteiger charge is -2.07. The Morgan fingerprint density at radius 2 is 1.92 bits per heavy atom. The number of nitrogens with zero attached hydrogens (tertiary/aromatic N) is 2. The number of hydrogen-bond acceptors (Lipinski definition) is 4. The quantitative estimate of drug-likeness (QED) is 0.402. The molecular formula is C19H19N3O2S. The van der Waals surface area contributed by atoms with E-state index in [1.54, 1.807) is 17.4 Å². The lowest BCUT2D eigenvalue weighted by atomic mass is 10.1. The molecule has 0 fully saturated rings. The second kappa shape index (κ2) is 7.92. The van der Waals surface area contributed by atoms with Gasteiger partial charge in [0, 0.05) is 27.3 Å². The first-order valence-electron chi connectivity index (χ1n) is 7.95. The van der Waals surface area contributed by atoms with Crippen LogP contribution >= 0.6 is 11.3 Å². The molecule has 25 heavy (non-hydrogen) atoms. The molecule has 2 amide bonds. The third kappa shape index (κ3) is 4.65. The Morgan fingerprint density at radius 1 is 1.12 bits per heavy atom. The summed E-state index contributed by atoms with van der Waals surface area (Å²) in [5.74, 6) is 0. The van der Waals surface area contributed by atoms with Gasteiger partial charge >= 0.3 is 6.03 Å². The number of primary amides is 1. The van der Waals surface area contributed by atoms with E-state index in [1.807, 2.05) is 24.3 Å². The number of allylic oxidation sites excluding steroid dienone is 1. The topological polar surface area (TPSA) is 79.5 Å². The fourth-order valence-electron chi connectivity index (χ4n) is 2.48. The van der Waals surface area contributed by atoms with Gasteiger partial charge in [-0.3, -0.25) is 10.2 Å². The molecule has 0 aliphatic heterocycles. The van der Waals surface area contributed by atoms with Gasteiger partial charge in [-0.1, -0.05) is 36.4 Å². The second-order valence-electron chi connectivity index (χ2n) is 5.64. The van der Waals surface area contributed by atoms with Gasteiger partial charge in [0.05, 0.1) is 12.1 Å². The average molecular weight is 353 g/mol. The largest absolute Gasteiger partial charge is 0.350 e. The molecule has 6 heteroatoms. The van der Waals surface area contributed by atoms with Gasteiger partial charge < -0.3 is 5.73 Å². The van der Waals surface area contributed by atoms with E-state index in [2.05, 4.69) is 30.3 Å². The predicted octanol–water partition coefficient (Wildman–Crippen LogP) is 3.76. The summed E-state index contributed by atoms with van der Waals surface area (Å²) < 4.78 is 0. The number of urea groups is 1. The average Bonchev–Trinajstić information content (AvgIpc) is 3.05. The molecule has 0 atom stereocenters. The van der Waals surface area contributed by atoms with Crippen molar-refractivity contribution in [3.8, 4) is 0 Å². The Kier molecular flexibility index (Phi) is 5.42. The molecule has 0 aliphatic carbocycles. The number of carbonyl (C=O) groups excluding carboxylic acids is 1. The molecule has 5 nitrogen and oxygen atoms in total. The van der Waals surface area contributed by atoms with E-state index in [-0.39, 0.29) is 6.54 Å². The number of aromatic nitrogens is 1. The zero-order chi connectivity index (χ0) is 17.6. The maximum absolute atomic E-state index is 10.7. The van der Waals surface area contributed by atoms with E-state index in [4.69, 9.17) is 10.7 Å². The Morgan fingerprint density at radius 3 is 2.76 bits per heavy atom. The van der Waals surface area contributed by atoms with E-state index in [0.717, 1.165) is 29.4 Å². The van der Waals surface area contributed by atoms with Crippen molar-refractivity contribution in [2.24, 2.45) is 5.73 Å². The van der Waals surface area contributed by atoms with E-state index in [1.165, 1.54) is 9.75 Å². The Bertz CT molecular complexity index is 904. The molecule has 0 bridgehead atoms. The van der Waals surface area contributed by atoms with Gasteiger partial charge in [-0.05, 0) is 30.7 Å².